The molecule has 1 aromatic carbocycles. The maximum absolute atomic E-state index is 12.1. The predicted octanol–water partition coefficient (Wildman–Crippen LogP) is 1.01. The third-order valence-corrected chi connectivity index (χ3v) is 4.70. The number of carbonyl (C=O) groups excluding carboxylic acids is 1. The van der Waals surface area contributed by atoms with Crippen LogP contribution in [0.2, 0.25) is 0 Å². The number of rotatable bonds is 6. The van der Waals surface area contributed by atoms with Crippen molar-refractivity contribution in [3.8, 4) is 0 Å². The number of hydrogen-bond acceptors (Lipinski definition) is 4. The Hall–Kier alpha value is -1.44. The molecule has 1 fully saturated rings. The molecule has 1 saturated carbocycles. The fourth-order valence-corrected chi connectivity index (χ4v) is 3.06. The molecule has 1 amide bonds. The lowest BCUT2D eigenvalue weighted by Crippen LogP contribution is -2.32. The van der Waals surface area contributed by atoms with Crippen molar-refractivity contribution in [3.63, 3.8) is 0 Å². The van der Waals surface area contributed by atoms with Gasteiger partial charge in [-0.1, -0.05) is 12.5 Å². The van der Waals surface area contributed by atoms with Crippen LogP contribution in [0.4, 0.5) is 0 Å². The fraction of sp³-hybridized carbons (Fsp3) is 0.500. The normalized spacial score (nSPS) is 15.5. The zero-order valence-electron chi connectivity index (χ0n) is 12.0. The second kappa shape index (κ2) is 6.55. The van der Waals surface area contributed by atoms with Crippen LogP contribution >= 0.6 is 0 Å². The van der Waals surface area contributed by atoms with Crippen molar-refractivity contribution in [1.29, 1.82) is 0 Å². The van der Waals surface area contributed by atoms with Gasteiger partial charge in [0.25, 0.3) is 5.91 Å². The number of sulfonamides is 1. The van der Waals surface area contributed by atoms with Crippen LogP contribution in [-0.4, -0.2) is 28.0 Å². The molecule has 1 aliphatic carbocycles. The lowest BCUT2D eigenvalue weighted by Gasteiger charge is -2.25. The van der Waals surface area contributed by atoms with Crippen LogP contribution in [0.1, 0.15) is 35.2 Å². The third kappa shape index (κ3) is 4.03. The van der Waals surface area contributed by atoms with Gasteiger partial charge in [0, 0.05) is 19.2 Å². The van der Waals surface area contributed by atoms with Gasteiger partial charge in [-0.05, 0) is 36.5 Å². The van der Waals surface area contributed by atoms with Gasteiger partial charge in [0.2, 0.25) is 10.0 Å². The molecule has 0 atom stereocenters. The first-order valence-electron chi connectivity index (χ1n) is 6.84. The van der Waals surface area contributed by atoms with Crippen molar-refractivity contribution in [2.45, 2.75) is 30.8 Å². The van der Waals surface area contributed by atoms with E-state index < -0.39 is 10.0 Å². The van der Waals surface area contributed by atoms with Crippen molar-refractivity contribution in [1.82, 2.24) is 5.32 Å². The number of nitrogens with two attached hydrogens (primary N) is 1. The Morgan fingerprint density at radius 3 is 2.67 bits per heavy atom. The van der Waals surface area contributed by atoms with Gasteiger partial charge in [-0.3, -0.25) is 4.79 Å². The van der Waals surface area contributed by atoms with E-state index in [0.717, 1.165) is 12.8 Å². The summed E-state index contributed by atoms with van der Waals surface area (Å²) in [6.07, 6.45) is 3.48. The molecule has 0 radical (unpaired) electrons. The van der Waals surface area contributed by atoms with Crippen molar-refractivity contribution in [2.24, 2.45) is 11.1 Å². The van der Waals surface area contributed by atoms with Gasteiger partial charge < -0.3 is 10.1 Å². The summed E-state index contributed by atoms with van der Waals surface area (Å²) < 4.78 is 28.2. The summed E-state index contributed by atoms with van der Waals surface area (Å²) in [7, 11) is -2.43. The monoisotopic (exact) mass is 312 g/mol. The molecule has 0 heterocycles. The first kappa shape index (κ1) is 15.9. The smallest absolute Gasteiger partial charge is 0.251 e. The molecule has 0 saturated heterocycles. The molecular formula is C14H20N2O4S. The van der Waals surface area contributed by atoms with Gasteiger partial charge in [0.15, 0.2) is 0 Å². The topological polar surface area (TPSA) is 98.5 Å². The maximum Gasteiger partial charge on any atom is 0.251 e. The van der Waals surface area contributed by atoms with Gasteiger partial charge in [0.05, 0.1) is 11.5 Å². The Morgan fingerprint density at radius 1 is 1.43 bits per heavy atom. The molecule has 0 aliphatic heterocycles. The average molecular weight is 312 g/mol. The molecular weight excluding hydrogens is 292 g/mol. The minimum Gasteiger partial charge on any atom is -0.380 e. The van der Waals surface area contributed by atoms with Crippen molar-refractivity contribution in [3.05, 3.63) is 29.3 Å². The summed E-state index contributed by atoms with van der Waals surface area (Å²) in [4.78, 5) is 12.0. The van der Waals surface area contributed by atoms with Crippen molar-refractivity contribution < 1.29 is 17.9 Å². The van der Waals surface area contributed by atoms with Gasteiger partial charge in [-0.25, -0.2) is 13.6 Å². The van der Waals surface area contributed by atoms with Crippen molar-refractivity contribution >= 4 is 15.9 Å². The third-order valence-electron chi connectivity index (χ3n) is 3.71. The van der Waals surface area contributed by atoms with Crippen LogP contribution in [-0.2, 0) is 21.4 Å². The second-order valence-electron chi connectivity index (χ2n) is 5.31. The Kier molecular flexibility index (Phi) is 4.97. The average Bonchev–Trinajstić information content (AvgIpc) is 2.36. The van der Waals surface area contributed by atoms with Gasteiger partial charge >= 0.3 is 0 Å². The number of amides is 1. The van der Waals surface area contributed by atoms with E-state index in [2.05, 4.69) is 5.32 Å². The number of hydrogen-bond donors (Lipinski definition) is 2. The quantitative estimate of drug-likeness (QED) is 0.819. The van der Waals surface area contributed by atoms with E-state index in [0.29, 0.717) is 23.6 Å². The molecule has 1 aliphatic rings. The predicted molar refractivity (Wildman–Crippen MR) is 78.2 cm³/mol. The summed E-state index contributed by atoms with van der Waals surface area (Å²) in [6.45, 7) is 0.749. The standard InChI is InChI=1S/C14H20N2O4S/c1-20-9-12-6-5-11(7-13(12)21(15,18)19)14(17)16-8-10-3-2-4-10/h5-7,10H,2-4,8-9H2,1H3,(H,16,17)(H2,15,18,19). The fourth-order valence-electron chi connectivity index (χ4n) is 2.27. The molecule has 6 nitrogen and oxygen atoms in total. The molecule has 116 valence electrons. The van der Waals surface area contributed by atoms with Crippen molar-refractivity contribution in [2.75, 3.05) is 13.7 Å². The first-order chi connectivity index (χ1) is 9.91. The van der Waals surface area contributed by atoms with E-state index >= 15 is 0 Å². The molecule has 0 unspecified atom stereocenters. The largest absolute Gasteiger partial charge is 0.380 e. The number of nitrogens with one attached hydrogen (secondary N) is 1. The number of ether oxygens (including phenoxy) is 1. The number of carbonyl (C=O) groups is 1. The molecule has 3 N–H and O–H groups in total. The molecule has 1 aromatic rings. The summed E-state index contributed by atoms with van der Waals surface area (Å²) in [5.41, 5.74) is 0.730. The lowest BCUT2D eigenvalue weighted by atomic mass is 9.85. The molecule has 7 heteroatoms. The molecule has 0 aromatic heterocycles. The van der Waals surface area contributed by atoms with Crippen LogP contribution in [0.5, 0.6) is 0 Å². The minimum absolute atomic E-state index is 0.0688. The van der Waals surface area contributed by atoms with Crippen LogP contribution in [0, 0.1) is 5.92 Å². The van der Waals surface area contributed by atoms with E-state index in [4.69, 9.17) is 9.88 Å². The molecule has 2 rings (SSSR count). The Balaban J connectivity index is 2.17. The highest BCUT2D eigenvalue weighted by Crippen LogP contribution is 2.25. The lowest BCUT2D eigenvalue weighted by molar-refractivity contribution is 0.0938. The van der Waals surface area contributed by atoms with Crippen LogP contribution in [0.25, 0.3) is 0 Å². The maximum atomic E-state index is 12.1. The van der Waals surface area contributed by atoms with Crippen LogP contribution in [0.15, 0.2) is 23.1 Å². The van der Waals surface area contributed by atoms with Gasteiger partial charge in [-0.15, -0.1) is 0 Å². The van der Waals surface area contributed by atoms with E-state index in [9.17, 15) is 13.2 Å². The van der Waals surface area contributed by atoms with E-state index in [1.165, 1.54) is 19.6 Å². The highest BCUT2D eigenvalue weighted by molar-refractivity contribution is 7.89. The Labute approximate surface area is 124 Å². The van der Waals surface area contributed by atoms with E-state index in [1.54, 1.807) is 12.1 Å². The Morgan fingerprint density at radius 2 is 2.14 bits per heavy atom. The highest BCUT2D eigenvalue weighted by Gasteiger charge is 2.20. The zero-order valence-corrected chi connectivity index (χ0v) is 12.8. The second-order valence-corrected chi connectivity index (χ2v) is 6.84. The summed E-state index contributed by atoms with van der Waals surface area (Å²) >= 11 is 0. The molecule has 21 heavy (non-hydrogen) atoms. The molecule has 0 bridgehead atoms. The first-order valence-corrected chi connectivity index (χ1v) is 8.39. The molecule has 0 spiro atoms. The summed E-state index contributed by atoms with van der Waals surface area (Å²) in [6, 6.07) is 4.44. The van der Waals surface area contributed by atoms with Crippen LogP contribution in [0.3, 0.4) is 0 Å². The van der Waals surface area contributed by atoms with Gasteiger partial charge in [-0.2, -0.15) is 0 Å². The number of methoxy groups -OCH3 is 1. The van der Waals surface area contributed by atoms with Gasteiger partial charge in [0.1, 0.15) is 0 Å². The summed E-state index contributed by atoms with van der Waals surface area (Å²) in [5, 5.41) is 8.02. The van der Waals surface area contributed by atoms with E-state index in [1.807, 2.05) is 0 Å². The number of primary sulfonamides is 1. The zero-order chi connectivity index (χ0) is 15.5. The highest BCUT2D eigenvalue weighted by atomic mass is 32.2. The van der Waals surface area contributed by atoms with E-state index in [-0.39, 0.29) is 17.4 Å². The van der Waals surface area contributed by atoms with Crippen LogP contribution < -0.4 is 10.5 Å². The summed E-state index contributed by atoms with van der Waals surface area (Å²) in [5.74, 6) is 0.259. The Bertz CT molecular complexity index is 624. The number of benzene rings is 1. The SMILES string of the molecule is COCc1ccc(C(=O)NCC2CCC2)cc1S(N)(=O)=O. The minimum atomic E-state index is -3.90.